The standard InChI is InChI=1S/C31H35FN2O3/c1-23-12-14-25(15-13-23)21-34(30(35)22-37-28-18-16-26(32)17-19-28)29(20-24-8-4-2-5-9-24)31(36)33-27-10-6-3-7-11-27/h2,4-5,8-9,12-19,27,29H,3,6-7,10-11,20-22H2,1H3,(H,33,36)/t29-/m0/s1. The van der Waals surface area contributed by atoms with Gasteiger partial charge in [0.15, 0.2) is 6.61 Å². The lowest BCUT2D eigenvalue weighted by atomic mass is 9.94. The number of hydrogen-bond acceptors (Lipinski definition) is 3. The Morgan fingerprint density at radius 3 is 2.27 bits per heavy atom. The summed E-state index contributed by atoms with van der Waals surface area (Å²) >= 11 is 0. The molecule has 4 rings (SSSR count). The van der Waals surface area contributed by atoms with Gasteiger partial charge >= 0.3 is 0 Å². The lowest BCUT2D eigenvalue weighted by molar-refractivity contribution is -0.143. The number of rotatable bonds is 10. The largest absolute Gasteiger partial charge is 0.484 e. The van der Waals surface area contributed by atoms with Crippen LogP contribution in [0.3, 0.4) is 0 Å². The highest BCUT2D eigenvalue weighted by Gasteiger charge is 2.32. The number of amides is 2. The predicted octanol–water partition coefficient (Wildman–Crippen LogP) is 5.60. The Morgan fingerprint density at radius 2 is 1.59 bits per heavy atom. The number of carbonyl (C=O) groups is 2. The molecule has 6 heteroatoms. The maximum atomic E-state index is 13.7. The van der Waals surface area contributed by atoms with Crippen molar-refractivity contribution in [2.24, 2.45) is 0 Å². The quantitative estimate of drug-likeness (QED) is 0.393. The van der Waals surface area contributed by atoms with Gasteiger partial charge in [-0.25, -0.2) is 4.39 Å². The third kappa shape index (κ3) is 7.91. The van der Waals surface area contributed by atoms with Gasteiger partial charge in [0.05, 0.1) is 0 Å². The highest BCUT2D eigenvalue weighted by Crippen LogP contribution is 2.20. The van der Waals surface area contributed by atoms with Gasteiger partial charge in [0.2, 0.25) is 5.91 Å². The first-order chi connectivity index (χ1) is 18.0. The third-order valence-electron chi connectivity index (χ3n) is 6.87. The average Bonchev–Trinajstić information content (AvgIpc) is 2.92. The van der Waals surface area contributed by atoms with Crippen molar-refractivity contribution in [2.75, 3.05) is 6.61 Å². The zero-order chi connectivity index (χ0) is 26.0. The van der Waals surface area contributed by atoms with E-state index in [2.05, 4.69) is 5.32 Å². The van der Waals surface area contributed by atoms with Gasteiger partial charge in [0.1, 0.15) is 17.6 Å². The van der Waals surface area contributed by atoms with Gasteiger partial charge < -0.3 is 15.0 Å². The summed E-state index contributed by atoms with van der Waals surface area (Å²) in [5.74, 6) is -0.416. The number of carbonyl (C=O) groups excluding carboxylic acids is 2. The van der Waals surface area contributed by atoms with Crippen LogP contribution >= 0.6 is 0 Å². The van der Waals surface area contributed by atoms with Crippen molar-refractivity contribution in [1.82, 2.24) is 10.2 Å². The minimum absolute atomic E-state index is 0.131. The maximum absolute atomic E-state index is 13.7. The van der Waals surface area contributed by atoms with Gasteiger partial charge in [-0.2, -0.15) is 0 Å². The van der Waals surface area contributed by atoms with E-state index in [0.717, 1.165) is 42.4 Å². The van der Waals surface area contributed by atoms with E-state index >= 15 is 0 Å². The molecular formula is C31H35FN2O3. The van der Waals surface area contributed by atoms with E-state index in [1.165, 1.54) is 30.7 Å². The molecule has 0 spiro atoms. The molecule has 5 nitrogen and oxygen atoms in total. The summed E-state index contributed by atoms with van der Waals surface area (Å²) in [5, 5.41) is 3.23. The highest BCUT2D eigenvalue weighted by molar-refractivity contribution is 5.88. The number of nitrogens with zero attached hydrogens (tertiary/aromatic N) is 1. The molecule has 0 saturated heterocycles. The van der Waals surface area contributed by atoms with E-state index in [4.69, 9.17) is 4.74 Å². The summed E-state index contributed by atoms with van der Waals surface area (Å²) in [7, 11) is 0. The Kier molecular flexibility index (Phi) is 9.30. The summed E-state index contributed by atoms with van der Waals surface area (Å²) in [4.78, 5) is 29.0. The molecule has 1 saturated carbocycles. The van der Waals surface area contributed by atoms with E-state index in [1.54, 1.807) is 4.90 Å². The smallest absolute Gasteiger partial charge is 0.261 e. The Labute approximate surface area is 218 Å². The lowest BCUT2D eigenvalue weighted by Gasteiger charge is -2.33. The number of benzene rings is 3. The van der Waals surface area contributed by atoms with Gasteiger partial charge in [-0.3, -0.25) is 9.59 Å². The summed E-state index contributed by atoms with van der Waals surface area (Å²) in [6.45, 7) is 2.04. The van der Waals surface area contributed by atoms with Crippen molar-refractivity contribution in [3.8, 4) is 5.75 Å². The normalized spacial score (nSPS) is 14.5. The van der Waals surface area contributed by atoms with Crippen molar-refractivity contribution >= 4 is 11.8 Å². The molecule has 2 amide bonds. The Balaban J connectivity index is 1.59. The van der Waals surface area contributed by atoms with Gasteiger partial charge in [0.25, 0.3) is 5.91 Å². The van der Waals surface area contributed by atoms with E-state index in [9.17, 15) is 14.0 Å². The van der Waals surface area contributed by atoms with Crippen molar-refractivity contribution in [3.05, 3.63) is 101 Å². The van der Waals surface area contributed by atoms with Crippen molar-refractivity contribution in [1.29, 1.82) is 0 Å². The topological polar surface area (TPSA) is 58.6 Å². The van der Waals surface area contributed by atoms with Crippen LogP contribution in [0.1, 0.15) is 48.8 Å². The van der Waals surface area contributed by atoms with E-state index in [-0.39, 0.29) is 36.8 Å². The van der Waals surface area contributed by atoms with Crippen LogP contribution in [0.2, 0.25) is 0 Å². The molecule has 3 aromatic carbocycles. The summed E-state index contributed by atoms with van der Waals surface area (Å²) in [6.07, 6.45) is 5.72. The van der Waals surface area contributed by atoms with E-state index in [0.29, 0.717) is 12.2 Å². The molecule has 1 fully saturated rings. The molecule has 1 aliphatic rings. The second kappa shape index (κ2) is 13.0. The fourth-order valence-electron chi connectivity index (χ4n) is 4.75. The molecule has 194 valence electrons. The number of aryl methyl sites for hydroxylation is 1. The summed E-state index contributed by atoms with van der Waals surface area (Å²) in [6, 6.07) is 22.7. The number of hydrogen-bond donors (Lipinski definition) is 1. The van der Waals surface area contributed by atoms with E-state index in [1.807, 2.05) is 61.5 Å². The molecule has 3 aromatic rings. The van der Waals surface area contributed by atoms with Crippen LogP contribution < -0.4 is 10.1 Å². The molecule has 37 heavy (non-hydrogen) atoms. The molecule has 0 aliphatic heterocycles. The first-order valence-corrected chi connectivity index (χ1v) is 13.1. The number of nitrogens with one attached hydrogen (secondary N) is 1. The van der Waals surface area contributed by atoms with Crippen molar-refractivity contribution in [3.63, 3.8) is 0 Å². The molecular weight excluding hydrogens is 467 g/mol. The minimum atomic E-state index is -0.699. The van der Waals surface area contributed by atoms with Crippen LogP contribution in [0.15, 0.2) is 78.9 Å². The van der Waals surface area contributed by atoms with E-state index < -0.39 is 6.04 Å². The second-order valence-electron chi connectivity index (χ2n) is 9.80. The van der Waals surface area contributed by atoms with Crippen molar-refractivity contribution < 1.29 is 18.7 Å². The molecule has 0 unspecified atom stereocenters. The van der Waals surface area contributed by atoms with Crippen LogP contribution in [-0.4, -0.2) is 35.4 Å². The van der Waals surface area contributed by atoms with Gasteiger partial charge in [-0.05, 0) is 55.2 Å². The SMILES string of the molecule is Cc1ccc(CN(C(=O)COc2ccc(F)cc2)[C@@H](Cc2ccccc2)C(=O)NC2CCCCC2)cc1. The summed E-state index contributed by atoms with van der Waals surface area (Å²) in [5.41, 5.74) is 3.04. The van der Waals surface area contributed by atoms with Crippen LogP contribution in [0, 0.1) is 12.7 Å². The lowest BCUT2D eigenvalue weighted by Crippen LogP contribution is -2.53. The average molecular weight is 503 g/mol. The van der Waals surface area contributed by atoms with Gasteiger partial charge in [-0.15, -0.1) is 0 Å². The molecule has 0 heterocycles. The highest BCUT2D eigenvalue weighted by atomic mass is 19.1. The fraction of sp³-hybridized carbons (Fsp3) is 0.355. The Bertz CT molecular complexity index is 1140. The first-order valence-electron chi connectivity index (χ1n) is 13.1. The monoisotopic (exact) mass is 502 g/mol. The van der Waals surface area contributed by atoms with Crippen LogP contribution in [0.25, 0.3) is 0 Å². The first kappa shape index (κ1) is 26.4. The molecule has 0 aromatic heterocycles. The summed E-state index contributed by atoms with van der Waals surface area (Å²) < 4.78 is 19.0. The Morgan fingerprint density at radius 1 is 0.919 bits per heavy atom. The maximum Gasteiger partial charge on any atom is 0.261 e. The second-order valence-corrected chi connectivity index (χ2v) is 9.80. The van der Waals surface area contributed by atoms with Crippen LogP contribution in [0.5, 0.6) is 5.75 Å². The molecule has 1 atom stereocenters. The predicted molar refractivity (Wildman–Crippen MR) is 143 cm³/mol. The molecule has 1 aliphatic carbocycles. The van der Waals surface area contributed by atoms with Crippen molar-refractivity contribution in [2.45, 2.75) is 64.1 Å². The zero-order valence-corrected chi connectivity index (χ0v) is 21.4. The Hall–Kier alpha value is -3.67. The van der Waals surface area contributed by atoms with Crippen LogP contribution in [0.4, 0.5) is 4.39 Å². The van der Waals surface area contributed by atoms with Gasteiger partial charge in [-0.1, -0.05) is 79.4 Å². The third-order valence-corrected chi connectivity index (χ3v) is 6.87. The van der Waals surface area contributed by atoms with Crippen LogP contribution in [-0.2, 0) is 22.6 Å². The number of ether oxygens (including phenoxy) is 1. The zero-order valence-electron chi connectivity index (χ0n) is 21.4. The number of halogens is 1. The fourth-order valence-corrected chi connectivity index (χ4v) is 4.75. The minimum Gasteiger partial charge on any atom is -0.484 e. The molecule has 0 bridgehead atoms. The molecule has 0 radical (unpaired) electrons. The molecule has 1 N–H and O–H groups in total. The van der Waals surface area contributed by atoms with Gasteiger partial charge in [0, 0.05) is 19.0 Å².